The van der Waals surface area contributed by atoms with Crippen LogP contribution in [0.1, 0.15) is 5.56 Å². The Kier molecular flexibility index (Phi) is 6.66. The van der Waals surface area contributed by atoms with Crippen LogP contribution in [0.4, 0.5) is 10.6 Å². The van der Waals surface area contributed by atoms with Crippen molar-refractivity contribution in [1.29, 1.82) is 0 Å². The normalized spacial score (nSPS) is 10.1. The molecule has 4 N–H and O–H groups in total. The van der Waals surface area contributed by atoms with E-state index in [1.165, 1.54) is 12.3 Å². The van der Waals surface area contributed by atoms with Crippen molar-refractivity contribution in [2.24, 2.45) is 5.73 Å². The maximum atomic E-state index is 11.9. The number of rotatable bonds is 7. The predicted octanol–water partition coefficient (Wildman–Crippen LogP) is 0.0669. The lowest BCUT2D eigenvalue weighted by molar-refractivity contribution is -0.121. The van der Waals surface area contributed by atoms with Crippen LogP contribution in [0.15, 0.2) is 47.4 Å². The number of ether oxygens (including phenoxy) is 1. The molecule has 2 rings (SSSR count). The standard InChI is InChI=1S/C16H19N5O4/c17-7-8-18-14(22)10-21-9-6-13(19-15(21)23)20-16(24)25-11-12-4-2-1-3-5-12/h1-6,9H,7-8,10-11,17H2,(H,18,22)(H,19,20,23,24). The molecule has 0 bridgehead atoms. The first-order valence-electron chi connectivity index (χ1n) is 7.60. The molecule has 0 aliphatic rings. The summed E-state index contributed by atoms with van der Waals surface area (Å²) in [4.78, 5) is 38.8. The minimum absolute atomic E-state index is 0.0432. The van der Waals surface area contributed by atoms with Gasteiger partial charge in [0.25, 0.3) is 0 Å². The lowest BCUT2D eigenvalue weighted by Gasteiger charge is -2.08. The number of amides is 2. The van der Waals surface area contributed by atoms with Gasteiger partial charge in [-0.1, -0.05) is 30.3 Å². The Morgan fingerprint density at radius 2 is 1.96 bits per heavy atom. The third-order valence-electron chi connectivity index (χ3n) is 3.10. The van der Waals surface area contributed by atoms with E-state index >= 15 is 0 Å². The van der Waals surface area contributed by atoms with Gasteiger partial charge in [0.1, 0.15) is 19.0 Å². The molecule has 2 aromatic rings. The molecule has 0 atom stereocenters. The summed E-state index contributed by atoms with van der Waals surface area (Å²) >= 11 is 0. The lowest BCUT2D eigenvalue weighted by atomic mass is 10.2. The maximum Gasteiger partial charge on any atom is 0.413 e. The molecule has 2 amide bonds. The molecule has 0 spiro atoms. The number of nitrogens with zero attached hydrogens (tertiary/aromatic N) is 2. The van der Waals surface area contributed by atoms with E-state index in [0.29, 0.717) is 13.1 Å². The first kappa shape index (κ1) is 18.1. The number of carbonyl (C=O) groups is 2. The third kappa shape index (κ3) is 6.07. The summed E-state index contributed by atoms with van der Waals surface area (Å²) in [5.74, 6) is -0.306. The van der Waals surface area contributed by atoms with E-state index in [0.717, 1.165) is 10.1 Å². The second kappa shape index (κ2) is 9.18. The molecule has 132 valence electrons. The summed E-state index contributed by atoms with van der Waals surface area (Å²) < 4.78 is 6.15. The van der Waals surface area contributed by atoms with Crippen LogP contribution in [0.5, 0.6) is 0 Å². The molecule has 9 heteroatoms. The highest BCUT2D eigenvalue weighted by atomic mass is 16.5. The highest BCUT2D eigenvalue weighted by Crippen LogP contribution is 2.03. The summed E-state index contributed by atoms with van der Waals surface area (Å²) in [7, 11) is 0. The van der Waals surface area contributed by atoms with Gasteiger partial charge in [0.15, 0.2) is 0 Å². The third-order valence-corrected chi connectivity index (χ3v) is 3.10. The molecule has 9 nitrogen and oxygen atoms in total. The van der Waals surface area contributed by atoms with E-state index in [1.807, 2.05) is 30.3 Å². The summed E-state index contributed by atoms with van der Waals surface area (Å²) in [6, 6.07) is 10.6. The Balaban J connectivity index is 1.88. The van der Waals surface area contributed by atoms with E-state index in [1.54, 1.807) is 0 Å². The van der Waals surface area contributed by atoms with E-state index < -0.39 is 11.8 Å². The highest BCUT2D eigenvalue weighted by Gasteiger charge is 2.08. The SMILES string of the molecule is NCCNC(=O)Cn1ccc(NC(=O)OCc2ccccc2)nc1=O. The van der Waals surface area contributed by atoms with Gasteiger partial charge in [-0.05, 0) is 11.6 Å². The Morgan fingerprint density at radius 1 is 1.20 bits per heavy atom. The molecule has 0 saturated heterocycles. The largest absolute Gasteiger partial charge is 0.444 e. The van der Waals surface area contributed by atoms with Crippen molar-refractivity contribution < 1.29 is 14.3 Å². The molecule has 0 radical (unpaired) electrons. The number of hydrogen-bond acceptors (Lipinski definition) is 6. The zero-order chi connectivity index (χ0) is 18.1. The average molecular weight is 345 g/mol. The minimum Gasteiger partial charge on any atom is -0.444 e. The quantitative estimate of drug-likeness (QED) is 0.651. The number of nitrogens with one attached hydrogen (secondary N) is 2. The zero-order valence-corrected chi connectivity index (χ0v) is 13.5. The van der Waals surface area contributed by atoms with Crippen molar-refractivity contribution in [2.45, 2.75) is 13.2 Å². The van der Waals surface area contributed by atoms with E-state index in [-0.39, 0.29) is 24.9 Å². The van der Waals surface area contributed by atoms with Crippen molar-refractivity contribution in [3.63, 3.8) is 0 Å². The molecule has 25 heavy (non-hydrogen) atoms. The summed E-state index contributed by atoms with van der Waals surface area (Å²) in [5.41, 5.74) is 5.45. The molecule has 1 aromatic heterocycles. The van der Waals surface area contributed by atoms with Crippen molar-refractivity contribution in [3.8, 4) is 0 Å². The fraction of sp³-hybridized carbons (Fsp3) is 0.250. The van der Waals surface area contributed by atoms with Crippen LogP contribution in [-0.2, 0) is 22.7 Å². The molecule has 0 aliphatic heterocycles. The number of benzene rings is 1. The second-order valence-electron chi connectivity index (χ2n) is 5.05. The Bertz CT molecular complexity index is 776. The van der Waals surface area contributed by atoms with Crippen LogP contribution in [0.3, 0.4) is 0 Å². The number of anilines is 1. The van der Waals surface area contributed by atoms with Gasteiger partial charge in [0.05, 0.1) is 0 Å². The van der Waals surface area contributed by atoms with Crippen molar-refractivity contribution in [1.82, 2.24) is 14.9 Å². The minimum atomic E-state index is -0.728. The summed E-state index contributed by atoms with van der Waals surface area (Å²) in [6.45, 7) is 0.566. The van der Waals surface area contributed by atoms with E-state index in [2.05, 4.69) is 15.6 Å². The van der Waals surface area contributed by atoms with Gasteiger partial charge in [-0.2, -0.15) is 4.98 Å². The number of hydrogen-bond donors (Lipinski definition) is 3. The predicted molar refractivity (Wildman–Crippen MR) is 90.8 cm³/mol. The van der Waals surface area contributed by atoms with Gasteiger partial charge in [0.2, 0.25) is 5.91 Å². The number of carbonyl (C=O) groups excluding carboxylic acids is 2. The molecule has 0 aliphatic carbocycles. The summed E-state index contributed by atoms with van der Waals surface area (Å²) in [6.07, 6.45) is 0.638. The summed E-state index contributed by atoms with van der Waals surface area (Å²) in [5, 5.41) is 4.91. The van der Waals surface area contributed by atoms with Crippen LogP contribution >= 0.6 is 0 Å². The highest BCUT2D eigenvalue weighted by molar-refractivity contribution is 5.83. The van der Waals surface area contributed by atoms with Gasteiger partial charge >= 0.3 is 11.8 Å². The Labute approximate surface area is 143 Å². The van der Waals surface area contributed by atoms with Crippen molar-refractivity contribution in [3.05, 3.63) is 58.6 Å². The van der Waals surface area contributed by atoms with E-state index in [4.69, 9.17) is 10.5 Å². The smallest absolute Gasteiger partial charge is 0.413 e. The first-order chi connectivity index (χ1) is 12.1. The second-order valence-corrected chi connectivity index (χ2v) is 5.05. The molecule has 1 aromatic carbocycles. The van der Waals surface area contributed by atoms with Crippen LogP contribution in [0.2, 0.25) is 0 Å². The lowest BCUT2D eigenvalue weighted by Crippen LogP contribution is -2.35. The fourth-order valence-electron chi connectivity index (χ4n) is 1.90. The van der Waals surface area contributed by atoms with E-state index in [9.17, 15) is 14.4 Å². The van der Waals surface area contributed by atoms with Gasteiger partial charge in [-0.3, -0.25) is 14.7 Å². The number of nitrogens with two attached hydrogens (primary N) is 1. The van der Waals surface area contributed by atoms with Crippen LogP contribution in [-0.4, -0.2) is 34.6 Å². The first-order valence-corrected chi connectivity index (χ1v) is 7.60. The average Bonchev–Trinajstić information content (AvgIpc) is 2.61. The van der Waals surface area contributed by atoms with Gasteiger partial charge in [0, 0.05) is 19.3 Å². The molecular formula is C16H19N5O4. The van der Waals surface area contributed by atoms with Crippen LogP contribution in [0.25, 0.3) is 0 Å². The Hall–Kier alpha value is -3.20. The fourth-order valence-corrected chi connectivity index (χ4v) is 1.90. The van der Waals surface area contributed by atoms with Gasteiger partial charge in [-0.25, -0.2) is 9.59 Å². The van der Waals surface area contributed by atoms with Crippen LogP contribution < -0.4 is 22.1 Å². The molecule has 1 heterocycles. The molecule has 0 saturated carbocycles. The van der Waals surface area contributed by atoms with Crippen molar-refractivity contribution in [2.75, 3.05) is 18.4 Å². The Morgan fingerprint density at radius 3 is 2.64 bits per heavy atom. The monoisotopic (exact) mass is 345 g/mol. The maximum absolute atomic E-state index is 11.9. The van der Waals surface area contributed by atoms with Crippen LogP contribution in [0, 0.1) is 0 Å². The molecular weight excluding hydrogens is 326 g/mol. The molecule has 0 unspecified atom stereocenters. The van der Waals surface area contributed by atoms with Crippen molar-refractivity contribution >= 4 is 17.8 Å². The topological polar surface area (TPSA) is 128 Å². The van der Waals surface area contributed by atoms with Gasteiger partial charge in [-0.15, -0.1) is 0 Å². The van der Waals surface area contributed by atoms with Gasteiger partial charge < -0.3 is 15.8 Å². The number of aromatic nitrogens is 2. The molecule has 0 fully saturated rings. The zero-order valence-electron chi connectivity index (χ0n) is 13.5.